The van der Waals surface area contributed by atoms with E-state index in [1.54, 1.807) is 7.05 Å². The van der Waals surface area contributed by atoms with Crippen LogP contribution < -0.4 is 5.73 Å². The third kappa shape index (κ3) is 5.30. The summed E-state index contributed by atoms with van der Waals surface area (Å²) >= 11 is 0. The number of nitrogens with zero attached hydrogens (tertiary/aromatic N) is 1. The number of ether oxygens (including phenoxy) is 1. The van der Waals surface area contributed by atoms with Gasteiger partial charge in [0.15, 0.2) is 5.78 Å². The molecular weight excluding hydrogens is 367 g/mol. The van der Waals surface area contributed by atoms with Gasteiger partial charge in [-0.1, -0.05) is 0 Å². The number of amides is 1. The molecule has 0 aromatic rings. The molecule has 2 rings (SSSR count). The molecule has 0 aliphatic carbocycles. The molecule has 0 saturated carbocycles. The first-order valence-corrected chi connectivity index (χ1v) is 12.4. The highest BCUT2D eigenvalue weighted by Crippen LogP contribution is 2.39. The van der Waals surface area contributed by atoms with Crippen LogP contribution in [0, 0.1) is 5.92 Å². The van der Waals surface area contributed by atoms with Gasteiger partial charge in [-0.15, -0.1) is 13.2 Å². The van der Waals surface area contributed by atoms with Gasteiger partial charge in [0.05, 0.1) is 6.10 Å². The lowest BCUT2D eigenvalue weighted by Crippen LogP contribution is -2.45. The van der Waals surface area contributed by atoms with Crippen LogP contribution in [0.2, 0.25) is 0 Å². The molecule has 2 unspecified atom stereocenters. The van der Waals surface area contributed by atoms with Gasteiger partial charge < -0.3 is 25.6 Å². The second-order valence-electron chi connectivity index (χ2n) is 8.53. The molecule has 8 heteroatoms. The average Bonchev–Trinajstić information content (AvgIpc) is 2.83. The van der Waals surface area contributed by atoms with E-state index in [2.05, 4.69) is 19.6 Å². The molecule has 0 radical (unpaired) electrons. The maximum atomic E-state index is 12.9. The van der Waals surface area contributed by atoms with Crippen molar-refractivity contribution in [3.05, 3.63) is 11.8 Å². The van der Waals surface area contributed by atoms with Crippen molar-refractivity contribution in [2.45, 2.75) is 56.6 Å². The molecule has 2 heterocycles. The third-order valence-electron chi connectivity index (χ3n) is 5.18. The molecule has 7 nitrogen and oxygen atoms in total. The van der Waals surface area contributed by atoms with E-state index in [9.17, 15) is 19.8 Å². The van der Waals surface area contributed by atoms with Crippen molar-refractivity contribution in [3.8, 4) is 0 Å². The molecule has 2 aliphatic rings. The van der Waals surface area contributed by atoms with Crippen molar-refractivity contribution in [2.75, 3.05) is 26.5 Å². The highest BCUT2D eigenvalue weighted by Gasteiger charge is 2.48. The van der Waals surface area contributed by atoms with Crippen molar-refractivity contribution >= 4 is 24.9 Å². The van der Waals surface area contributed by atoms with E-state index < -0.39 is 37.2 Å². The molecule has 0 aromatic carbocycles. The van der Waals surface area contributed by atoms with Crippen molar-refractivity contribution in [1.82, 2.24) is 4.90 Å². The monoisotopic (exact) mass is 400 g/mol. The zero-order chi connectivity index (χ0) is 20.5. The first kappa shape index (κ1) is 22.3. The summed E-state index contributed by atoms with van der Waals surface area (Å²) in [5.41, 5.74) is 6.01. The normalized spacial score (nSPS) is 33.4. The summed E-state index contributed by atoms with van der Waals surface area (Å²) in [6.45, 7) is 4.73. The molecule has 2 aliphatic heterocycles. The topological polar surface area (TPSA) is 113 Å². The van der Waals surface area contributed by atoms with Gasteiger partial charge >= 0.3 is 0 Å². The lowest BCUT2D eigenvalue weighted by Gasteiger charge is -2.30. The number of ketones is 1. The van der Waals surface area contributed by atoms with Crippen molar-refractivity contribution < 1.29 is 24.5 Å². The summed E-state index contributed by atoms with van der Waals surface area (Å²) in [5.74, 6) is -1.45. The number of hydrogen-bond donors (Lipinski definition) is 3. The Kier molecular flexibility index (Phi) is 7.09. The smallest absolute Gasteiger partial charge is 0.237 e. The number of rotatable bonds is 7. The molecule has 27 heavy (non-hydrogen) atoms. The van der Waals surface area contributed by atoms with Crippen LogP contribution in [-0.2, 0) is 14.3 Å². The minimum atomic E-state index is -1.29. The minimum Gasteiger partial charge on any atom is -0.388 e. The highest BCUT2D eigenvalue weighted by atomic mass is 31.2. The van der Waals surface area contributed by atoms with Gasteiger partial charge in [0.25, 0.3) is 0 Å². The van der Waals surface area contributed by atoms with Crippen LogP contribution in [-0.4, -0.2) is 90.1 Å². The predicted molar refractivity (Wildman–Crippen MR) is 108 cm³/mol. The molecular formula is C19H33N2O5P. The van der Waals surface area contributed by atoms with E-state index in [1.165, 1.54) is 11.1 Å². The van der Waals surface area contributed by atoms with Crippen LogP contribution in [0.25, 0.3) is 0 Å². The van der Waals surface area contributed by atoms with Gasteiger partial charge in [-0.05, 0) is 45.7 Å². The summed E-state index contributed by atoms with van der Waals surface area (Å²) in [7, 11) is 1.58. The van der Waals surface area contributed by atoms with Gasteiger partial charge in [-0.25, -0.2) is 0 Å². The largest absolute Gasteiger partial charge is 0.388 e. The highest BCUT2D eigenvalue weighted by molar-refractivity contribution is 7.72. The number of carbonyl (C=O) groups excluding carboxylic acids is 2. The van der Waals surface area contributed by atoms with E-state index in [0.717, 1.165) is 6.16 Å². The lowest BCUT2D eigenvalue weighted by atomic mass is 9.85. The number of carbonyl (C=O) groups is 2. The maximum absolute atomic E-state index is 12.9. The summed E-state index contributed by atoms with van der Waals surface area (Å²) in [4.78, 5) is 26.7. The van der Waals surface area contributed by atoms with E-state index in [4.69, 9.17) is 10.5 Å². The summed E-state index contributed by atoms with van der Waals surface area (Å²) in [6, 6.07) is -0.112. The van der Waals surface area contributed by atoms with E-state index in [-0.39, 0.29) is 23.3 Å². The Balaban J connectivity index is 2.17. The van der Waals surface area contributed by atoms with E-state index in [1.807, 2.05) is 6.92 Å². The molecule has 0 bridgehead atoms. The first-order valence-electron chi connectivity index (χ1n) is 9.39. The number of hydrogen-bond acceptors (Lipinski definition) is 6. The molecule has 154 valence electrons. The molecule has 1 fully saturated rings. The van der Waals surface area contributed by atoms with Gasteiger partial charge in [0.1, 0.15) is 24.2 Å². The average molecular weight is 400 g/mol. The van der Waals surface area contributed by atoms with Gasteiger partial charge in [-0.2, -0.15) is 0 Å². The summed E-state index contributed by atoms with van der Waals surface area (Å²) in [6.07, 6.45) is 4.11. The Morgan fingerprint density at radius 2 is 1.93 bits per heavy atom. The second kappa shape index (κ2) is 8.58. The van der Waals surface area contributed by atoms with Crippen LogP contribution in [0.4, 0.5) is 0 Å². The molecule has 0 spiro atoms. The van der Waals surface area contributed by atoms with Gasteiger partial charge in [0, 0.05) is 24.9 Å². The third-order valence-corrected chi connectivity index (χ3v) is 6.65. The maximum Gasteiger partial charge on any atom is 0.237 e. The standard InChI is InChI=1S/C19H33N2O5P/c1-11(20)6-7-12-15(22)13(10-21(2)19(12)25)18-17(24)16(23)14(26-18)8-9-27(3,4)5/h10-12,14,16-18,23-24H,3,6-9,20H2,1-2,4-5H3/t11?,12?,14-,16-,17-,18+/m1/s1. The number of aliphatic hydroxyl groups is 2. The van der Waals surface area contributed by atoms with Crippen molar-refractivity contribution in [1.29, 1.82) is 0 Å². The zero-order valence-electron chi connectivity index (χ0n) is 16.7. The van der Waals surface area contributed by atoms with Gasteiger partial charge in [-0.3, -0.25) is 9.59 Å². The summed E-state index contributed by atoms with van der Waals surface area (Å²) in [5, 5.41) is 20.9. The Labute approximate surface area is 161 Å². The number of nitrogens with two attached hydrogens (primary N) is 1. The van der Waals surface area contributed by atoms with Crippen molar-refractivity contribution in [3.63, 3.8) is 0 Å². The number of aliphatic hydroxyl groups excluding tert-OH is 2. The SMILES string of the molecule is C=P(C)(C)CC[C@H]1O[C@@H](C2=CN(C)C(=O)C(CCC(C)N)C2=O)[C@H](O)[C@@H]1O. The van der Waals surface area contributed by atoms with E-state index >= 15 is 0 Å². The quantitative estimate of drug-likeness (QED) is 0.417. The Bertz CT molecular complexity index is 656. The van der Waals surface area contributed by atoms with Crippen LogP contribution in [0.15, 0.2) is 11.8 Å². The van der Waals surface area contributed by atoms with Crippen LogP contribution in [0.5, 0.6) is 0 Å². The van der Waals surface area contributed by atoms with Gasteiger partial charge in [0.2, 0.25) is 5.91 Å². The van der Waals surface area contributed by atoms with E-state index in [0.29, 0.717) is 19.3 Å². The van der Waals surface area contributed by atoms with Crippen LogP contribution in [0.3, 0.4) is 0 Å². The Morgan fingerprint density at radius 1 is 1.30 bits per heavy atom. The number of Topliss-reactive ketones (excluding diaryl/α,β-unsaturated/α-hetero) is 1. The second-order valence-corrected chi connectivity index (χ2v) is 12.8. The van der Waals surface area contributed by atoms with Crippen LogP contribution >= 0.6 is 6.89 Å². The Morgan fingerprint density at radius 3 is 2.48 bits per heavy atom. The minimum absolute atomic E-state index is 0.112. The molecule has 6 atom stereocenters. The predicted octanol–water partition coefficient (Wildman–Crippen LogP) is 0.244. The zero-order valence-corrected chi connectivity index (χ0v) is 17.6. The summed E-state index contributed by atoms with van der Waals surface area (Å²) < 4.78 is 5.89. The molecule has 1 amide bonds. The molecule has 4 N–H and O–H groups in total. The molecule has 1 saturated heterocycles. The Hall–Kier alpha value is -0.980. The fraction of sp³-hybridized carbons (Fsp3) is 0.737. The van der Waals surface area contributed by atoms with Crippen LogP contribution in [0.1, 0.15) is 26.2 Å². The first-order chi connectivity index (χ1) is 12.4. The molecule has 0 aromatic heterocycles. The fourth-order valence-corrected chi connectivity index (χ4v) is 4.47. The fourth-order valence-electron chi connectivity index (χ4n) is 3.51. The van der Waals surface area contributed by atoms with Crippen molar-refractivity contribution in [2.24, 2.45) is 11.7 Å². The lowest BCUT2D eigenvalue weighted by molar-refractivity contribution is -0.140.